The Labute approximate surface area is 122 Å². The molecule has 0 aliphatic heterocycles. The first-order valence-electron chi connectivity index (χ1n) is 6.58. The van der Waals surface area contributed by atoms with Gasteiger partial charge in [0.1, 0.15) is 5.75 Å². The van der Waals surface area contributed by atoms with Gasteiger partial charge in [0.2, 0.25) is 5.88 Å². The van der Waals surface area contributed by atoms with E-state index in [1.165, 1.54) is 0 Å². The molecule has 2 heterocycles. The van der Waals surface area contributed by atoms with E-state index >= 15 is 0 Å². The van der Waals surface area contributed by atoms with Crippen molar-refractivity contribution >= 4 is 21.8 Å². The van der Waals surface area contributed by atoms with Crippen molar-refractivity contribution in [3.8, 4) is 11.6 Å². The van der Waals surface area contributed by atoms with E-state index in [2.05, 4.69) is 10.1 Å². The van der Waals surface area contributed by atoms with Gasteiger partial charge in [0.25, 0.3) is 0 Å². The van der Waals surface area contributed by atoms with Crippen LogP contribution in [0.25, 0.3) is 21.8 Å². The number of rotatable bonds is 4. The molecule has 0 radical (unpaired) electrons. The molecule has 0 N–H and O–H groups in total. The highest BCUT2D eigenvalue weighted by Gasteiger charge is 2.16. The Morgan fingerprint density at radius 2 is 2.00 bits per heavy atom. The van der Waals surface area contributed by atoms with Crippen LogP contribution in [0.2, 0.25) is 0 Å². The molecule has 3 rings (SSSR count). The van der Waals surface area contributed by atoms with Gasteiger partial charge < -0.3 is 14.2 Å². The molecule has 3 aromatic rings. The van der Waals surface area contributed by atoms with Crippen molar-refractivity contribution in [3.05, 3.63) is 23.9 Å². The minimum absolute atomic E-state index is 0.141. The highest BCUT2D eigenvalue weighted by molar-refractivity contribution is 6.08. The third-order valence-electron chi connectivity index (χ3n) is 3.44. The second kappa shape index (κ2) is 5.21. The van der Waals surface area contributed by atoms with Crippen LogP contribution in [-0.4, -0.2) is 35.8 Å². The van der Waals surface area contributed by atoms with Gasteiger partial charge in [-0.3, -0.25) is 4.68 Å². The van der Waals surface area contributed by atoms with Crippen LogP contribution in [0.1, 0.15) is 5.69 Å². The predicted molar refractivity (Wildman–Crippen MR) is 79.8 cm³/mol. The van der Waals surface area contributed by atoms with Gasteiger partial charge in [-0.15, -0.1) is 0 Å². The summed E-state index contributed by atoms with van der Waals surface area (Å²) in [6.45, 7) is 2.12. The Balaban J connectivity index is 2.37. The molecule has 110 valence electrons. The minimum Gasteiger partial charge on any atom is -0.497 e. The van der Waals surface area contributed by atoms with Gasteiger partial charge in [0, 0.05) is 24.9 Å². The number of methoxy groups -OCH3 is 2. The topological polar surface area (TPSA) is 58.4 Å². The van der Waals surface area contributed by atoms with Crippen LogP contribution in [0, 0.1) is 6.92 Å². The van der Waals surface area contributed by atoms with Crippen molar-refractivity contribution in [1.29, 1.82) is 0 Å². The summed E-state index contributed by atoms with van der Waals surface area (Å²) in [4.78, 5) is 4.58. The third kappa shape index (κ3) is 2.17. The van der Waals surface area contributed by atoms with Gasteiger partial charge in [-0.2, -0.15) is 10.1 Å². The smallest absolute Gasteiger partial charge is 0.225 e. The second-order valence-electron chi connectivity index (χ2n) is 4.79. The lowest BCUT2D eigenvalue weighted by molar-refractivity contribution is 0.0492. The molecule has 0 atom stereocenters. The molecular weight excluding hydrogens is 270 g/mol. The van der Waals surface area contributed by atoms with E-state index < -0.39 is 0 Å². The van der Waals surface area contributed by atoms with Gasteiger partial charge in [0.05, 0.1) is 18.2 Å². The minimum atomic E-state index is 0.141. The molecule has 0 aliphatic carbocycles. The Morgan fingerprint density at radius 3 is 2.71 bits per heavy atom. The maximum atomic E-state index is 5.61. The molecule has 0 aliphatic rings. The summed E-state index contributed by atoms with van der Waals surface area (Å²) in [6, 6.07) is 5.85. The first-order chi connectivity index (χ1) is 10.2. The fraction of sp³-hybridized carbons (Fsp3) is 0.333. The van der Waals surface area contributed by atoms with Crippen LogP contribution in [0.15, 0.2) is 18.2 Å². The standard InChI is InChI=1S/C15H17N3O3/c1-9-13-11-6-5-10(20-4)7-12(11)15(21-8-19-3)16-14(13)18(2)17-9/h5-7H,8H2,1-4H3. The molecule has 0 spiro atoms. The maximum Gasteiger partial charge on any atom is 0.225 e. The highest BCUT2D eigenvalue weighted by atomic mass is 16.7. The Bertz CT molecular complexity index is 811. The molecule has 0 bridgehead atoms. The van der Waals surface area contributed by atoms with Crippen molar-refractivity contribution in [2.45, 2.75) is 6.92 Å². The molecule has 1 aromatic carbocycles. The Morgan fingerprint density at radius 1 is 1.19 bits per heavy atom. The third-order valence-corrected chi connectivity index (χ3v) is 3.44. The van der Waals surface area contributed by atoms with E-state index in [1.807, 2.05) is 32.2 Å². The summed E-state index contributed by atoms with van der Waals surface area (Å²) in [5.41, 5.74) is 1.73. The van der Waals surface area contributed by atoms with Gasteiger partial charge in [-0.25, -0.2) is 0 Å². The van der Waals surface area contributed by atoms with Crippen molar-refractivity contribution in [2.75, 3.05) is 21.0 Å². The number of pyridine rings is 1. The summed E-state index contributed by atoms with van der Waals surface area (Å²) in [7, 11) is 5.09. The van der Waals surface area contributed by atoms with Gasteiger partial charge in [-0.05, 0) is 25.1 Å². The average molecular weight is 287 g/mol. The summed E-state index contributed by atoms with van der Waals surface area (Å²) >= 11 is 0. The number of nitrogens with zero attached hydrogens (tertiary/aromatic N) is 3. The summed E-state index contributed by atoms with van der Waals surface area (Å²) in [5, 5.41) is 7.39. The lowest BCUT2D eigenvalue weighted by Crippen LogP contribution is -2.02. The van der Waals surface area contributed by atoms with Crippen molar-refractivity contribution < 1.29 is 14.2 Å². The maximum absolute atomic E-state index is 5.61. The number of aromatic nitrogens is 3. The van der Waals surface area contributed by atoms with Gasteiger partial charge >= 0.3 is 0 Å². The number of ether oxygens (including phenoxy) is 3. The second-order valence-corrected chi connectivity index (χ2v) is 4.79. The highest BCUT2D eigenvalue weighted by Crippen LogP contribution is 2.34. The SMILES string of the molecule is COCOc1nc2c(c(C)nn2C)c2ccc(OC)cc12. The monoisotopic (exact) mass is 287 g/mol. The van der Waals surface area contributed by atoms with Crippen molar-refractivity contribution in [3.63, 3.8) is 0 Å². The van der Waals surface area contributed by atoms with Crippen LogP contribution < -0.4 is 9.47 Å². The summed E-state index contributed by atoms with van der Waals surface area (Å²) < 4.78 is 17.6. The van der Waals surface area contributed by atoms with E-state index in [4.69, 9.17) is 14.2 Å². The first kappa shape index (κ1) is 13.6. The van der Waals surface area contributed by atoms with E-state index in [9.17, 15) is 0 Å². The molecule has 0 saturated carbocycles. The van der Waals surface area contributed by atoms with Gasteiger partial charge in [0.15, 0.2) is 12.4 Å². The number of hydrogen-bond donors (Lipinski definition) is 0. The molecule has 0 saturated heterocycles. The van der Waals surface area contributed by atoms with Crippen LogP contribution in [0.5, 0.6) is 11.6 Å². The molecule has 0 amide bonds. The zero-order valence-electron chi connectivity index (χ0n) is 12.5. The van der Waals surface area contributed by atoms with Crippen LogP contribution >= 0.6 is 0 Å². The molecule has 0 unspecified atom stereocenters. The molecule has 21 heavy (non-hydrogen) atoms. The zero-order chi connectivity index (χ0) is 15.0. The number of hydrogen-bond acceptors (Lipinski definition) is 5. The quantitative estimate of drug-likeness (QED) is 0.690. The average Bonchev–Trinajstić information content (AvgIpc) is 2.78. The normalized spacial score (nSPS) is 11.2. The van der Waals surface area contributed by atoms with Crippen molar-refractivity contribution in [1.82, 2.24) is 14.8 Å². The molecular formula is C15H17N3O3. The molecule has 6 nitrogen and oxygen atoms in total. The molecule has 2 aromatic heterocycles. The fourth-order valence-electron chi connectivity index (χ4n) is 2.52. The summed E-state index contributed by atoms with van der Waals surface area (Å²) in [5.74, 6) is 1.27. The van der Waals surface area contributed by atoms with E-state index in [0.717, 1.165) is 33.2 Å². The Hall–Kier alpha value is -2.34. The predicted octanol–water partition coefficient (Wildman–Crippen LogP) is 2.42. The summed E-state index contributed by atoms with van der Waals surface area (Å²) in [6.07, 6.45) is 0. The van der Waals surface area contributed by atoms with Crippen LogP contribution in [-0.2, 0) is 11.8 Å². The van der Waals surface area contributed by atoms with Gasteiger partial charge in [-0.1, -0.05) is 0 Å². The van der Waals surface area contributed by atoms with E-state index in [0.29, 0.717) is 5.88 Å². The number of fused-ring (bicyclic) bond motifs is 3. The lowest BCUT2D eigenvalue weighted by atomic mass is 10.1. The van der Waals surface area contributed by atoms with Crippen LogP contribution in [0.3, 0.4) is 0 Å². The first-order valence-corrected chi connectivity index (χ1v) is 6.58. The number of aryl methyl sites for hydroxylation is 2. The zero-order valence-corrected chi connectivity index (χ0v) is 12.5. The van der Waals surface area contributed by atoms with Crippen molar-refractivity contribution in [2.24, 2.45) is 7.05 Å². The lowest BCUT2D eigenvalue weighted by Gasteiger charge is -2.10. The number of benzene rings is 1. The van der Waals surface area contributed by atoms with E-state index in [1.54, 1.807) is 18.9 Å². The molecule has 6 heteroatoms. The largest absolute Gasteiger partial charge is 0.497 e. The molecule has 0 fully saturated rings. The Kier molecular flexibility index (Phi) is 3.39. The fourth-order valence-corrected chi connectivity index (χ4v) is 2.52. The van der Waals surface area contributed by atoms with Crippen LogP contribution in [0.4, 0.5) is 0 Å². The van der Waals surface area contributed by atoms with E-state index in [-0.39, 0.29) is 6.79 Å².